The number of carbonyl (C=O) groups excluding carboxylic acids is 1. The highest BCUT2D eigenvalue weighted by atomic mass is 16.3. The minimum Gasteiger partial charge on any atom is -0.493 e. The number of carbonyl (C=O) groups is 1. The third kappa shape index (κ3) is 2.62. The zero-order chi connectivity index (χ0) is 20.5. The van der Waals surface area contributed by atoms with Crippen LogP contribution in [0.1, 0.15) is 51.4 Å². The molecule has 0 spiro atoms. The van der Waals surface area contributed by atoms with Crippen molar-refractivity contribution in [1.29, 1.82) is 0 Å². The summed E-state index contributed by atoms with van der Waals surface area (Å²) in [5, 5.41) is 13.0. The highest BCUT2D eigenvalue weighted by Gasteiger charge is 2.49. The van der Waals surface area contributed by atoms with E-state index in [1.165, 1.54) is 4.57 Å². The number of imidazole rings is 1. The predicted molar refractivity (Wildman–Crippen MR) is 111 cm³/mol. The summed E-state index contributed by atoms with van der Waals surface area (Å²) in [6, 6.07) is 13.2. The molecule has 2 aliphatic heterocycles. The number of hydrogen-bond donors (Lipinski definition) is 1. The van der Waals surface area contributed by atoms with Crippen LogP contribution < -0.4 is 5.69 Å². The van der Waals surface area contributed by atoms with Crippen molar-refractivity contribution in [3.8, 4) is 11.6 Å². The summed E-state index contributed by atoms with van der Waals surface area (Å²) in [4.78, 5) is 28.0. The monoisotopic (exact) mass is 391 g/mol. The Hall–Kier alpha value is -3.02. The third-order valence-electron chi connectivity index (χ3n) is 6.07. The molecule has 1 fully saturated rings. The lowest BCUT2D eigenvalue weighted by atomic mass is 9.91. The summed E-state index contributed by atoms with van der Waals surface area (Å²) in [5.74, 6) is 0.0353. The molecule has 150 valence electrons. The number of hydrogen-bond acceptors (Lipinski definition) is 3. The van der Waals surface area contributed by atoms with Gasteiger partial charge in [0, 0.05) is 18.4 Å². The fourth-order valence-electron chi connectivity index (χ4n) is 4.90. The SMILES string of the molecule is CC(C)(C)CC(=O)N1C[C@H]2CC1c1c(O)n(-c3cccc4ccccc34)c(=O)n12. The van der Waals surface area contributed by atoms with E-state index in [1.54, 1.807) is 4.57 Å². The molecule has 1 N–H and O–H groups in total. The van der Waals surface area contributed by atoms with Crippen LogP contribution in [0, 0.1) is 5.41 Å². The maximum atomic E-state index is 13.3. The van der Waals surface area contributed by atoms with E-state index >= 15 is 0 Å². The van der Waals surface area contributed by atoms with E-state index in [4.69, 9.17) is 0 Å². The summed E-state index contributed by atoms with van der Waals surface area (Å²) in [5.41, 5.74) is 0.903. The van der Waals surface area contributed by atoms with Crippen molar-refractivity contribution in [3.05, 3.63) is 58.6 Å². The maximum Gasteiger partial charge on any atom is 0.336 e. The summed E-state index contributed by atoms with van der Waals surface area (Å²) in [7, 11) is 0. The molecule has 5 rings (SSSR count). The van der Waals surface area contributed by atoms with Gasteiger partial charge in [-0.2, -0.15) is 0 Å². The van der Waals surface area contributed by atoms with Gasteiger partial charge in [-0.15, -0.1) is 0 Å². The Bertz CT molecular complexity index is 1190. The molecule has 2 bridgehead atoms. The standard InChI is InChI=1S/C23H25N3O3/c1-23(2,3)12-19(27)24-13-15-11-18(24)20-21(28)26(22(29)25(15)20)17-10-6-8-14-7-4-5-9-16(14)17/h4-10,15,18,28H,11-13H2,1-3H3/t15-,18?/m1/s1. The molecule has 3 aromatic rings. The first-order chi connectivity index (χ1) is 13.8. The topological polar surface area (TPSA) is 67.5 Å². The van der Waals surface area contributed by atoms with Crippen LogP contribution in [0.5, 0.6) is 5.88 Å². The van der Waals surface area contributed by atoms with Crippen molar-refractivity contribution in [2.75, 3.05) is 6.54 Å². The van der Waals surface area contributed by atoms with Crippen molar-refractivity contribution in [2.24, 2.45) is 5.41 Å². The zero-order valence-corrected chi connectivity index (χ0v) is 16.9. The number of benzene rings is 2. The minimum atomic E-state index is -0.237. The Morgan fingerprint density at radius 1 is 1.14 bits per heavy atom. The number of nitrogens with zero attached hydrogens (tertiary/aromatic N) is 3. The Balaban J connectivity index is 1.62. The van der Waals surface area contributed by atoms with Crippen molar-refractivity contribution in [2.45, 2.75) is 45.7 Å². The fourth-order valence-corrected chi connectivity index (χ4v) is 4.90. The zero-order valence-electron chi connectivity index (χ0n) is 16.9. The average Bonchev–Trinajstić information content (AvgIpc) is 3.32. The normalized spacial score (nSPS) is 20.4. The maximum absolute atomic E-state index is 13.3. The second-order valence-corrected chi connectivity index (χ2v) is 9.38. The van der Waals surface area contributed by atoms with Gasteiger partial charge in [-0.3, -0.25) is 9.36 Å². The smallest absolute Gasteiger partial charge is 0.336 e. The molecule has 0 saturated carbocycles. The molecule has 3 heterocycles. The van der Waals surface area contributed by atoms with Gasteiger partial charge in [0.05, 0.1) is 17.8 Å². The van der Waals surface area contributed by atoms with Crippen molar-refractivity contribution in [3.63, 3.8) is 0 Å². The largest absolute Gasteiger partial charge is 0.493 e. The number of likely N-dealkylation sites (tertiary alicyclic amines) is 1. The van der Waals surface area contributed by atoms with Crippen LogP contribution in [0.25, 0.3) is 16.5 Å². The van der Waals surface area contributed by atoms with E-state index in [2.05, 4.69) is 0 Å². The van der Waals surface area contributed by atoms with E-state index in [-0.39, 0.29) is 35.0 Å². The van der Waals surface area contributed by atoms with Crippen LogP contribution in [0.3, 0.4) is 0 Å². The molecule has 1 aromatic heterocycles. The van der Waals surface area contributed by atoms with E-state index in [0.717, 1.165) is 10.8 Å². The highest BCUT2D eigenvalue weighted by molar-refractivity contribution is 5.90. The van der Waals surface area contributed by atoms with E-state index in [1.807, 2.05) is 68.1 Å². The molecule has 1 unspecified atom stereocenters. The summed E-state index contributed by atoms with van der Waals surface area (Å²) in [6.07, 6.45) is 1.15. The average molecular weight is 391 g/mol. The highest BCUT2D eigenvalue weighted by Crippen LogP contribution is 2.49. The Labute approximate surface area is 169 Å². The summed E-state index contributed by atoms with van der Waals surface area (Å²) < 4.78 is 3.09. The second kappa shape index (κ2) is 5.99. The molecule has 2 atom stereocenters. The van der Waals surface area contributed by atoms with Crippen LogP contribution in [0.15, 0.2) is 47.3 Å². The van der Waals surface area contributed by atoms with Crippen molar-refractivity contribution in [1.82, 2.24) is 14.0 Å². The quantitative estimate of drug-likeness (QED) is 0.723. The number of rotatable bonds is 2. The predicted octanol–water partition coefficient (Wildman–Crippen LogP) is 3.76. The Kier molecular flexibility index (Phi) is 3.72. The lowest BCUT2D eigenvalue weighted by Crippen LogP contribution is -2.39. The second-order valence-electron chi connectivity index (χ2n) is 9.38. The minimum absolute atomic E-state index is 0.0490. The van der Waals surface area contributed by atoms with Gasteiger partial charge < -0.3 is 10.0 Å². The summed E-state index contributed by atoms with van der Waals surface area (Å²) >= 11 is 0. The van der Waals surface area contributed by atoms with Gasteiger partial charge in [0.15, 0.2) is 0 Å². The lowest BCUT2D eigenvalue weighted by molar-refractivity contribution is -0.134. The first-order valence-electron chi connectivity index (χ1n) is 10.1. The summed E-state index contributed by atoms with van der Waals surface area (Å²) in [6.45, 7) is 6.67. The molecule has 2 aromatic carbocycles. The van der Waals surface area contributed by atoms with Crippen molar-refractivity contribution >= 4 is 16.7 Å². The molecule has 6 nitrogen and oxygen atoms in total. The molecule has 0 radical (unpaired) electrons. The lowest BCUT2D eigenvalue weighted by Gasteiger charge is -2.30. The Morgan fingerprint density at radius 3 is 2.62 bits per heavy atom. The number of amides is 1. The van der Waals surface area contributed by atoms with Gasteiger partial charge >= 0.3 is 5.69 Å². The van der Waals surface area contributed by atoms with E-state index in [9.17, 15) is 14.7 Å². The van der Waals surface area contributed by atoms with Gasteiger partial charge in [-0.25, -0.2) is 9.36 Å². The third-order valence-corrected chi connectivity index (χ3v) is 6.07. The number of aromatic hydroxyl groups is 1. The van der Waals surface area contributed by atoms with Crippen LogP contribution in [0.4, 0.5) is 0 Å². The molecule has 1 amide bonds. The van der Waals surface area contributed by atoms with Crippen molar-refractivity contribution < 1.29 is 9.90 Å². The van der Waals surface area contributed by atoms with E-state index < -0.39 is 0 Å². The van der Waals surface area contributed by atoms with Gasteiger partial charge in [-0.05, 0) is 23.3 Å². The molecular weight excluding hydrogens is 366 g/mol. The fraction of sp³-hybridized carbons (Fsp3) is 0.391. The van der Waals surface area contributed by atoms with Crippen LogP contribution in [-0.2, 0) is 4.79 Å². The van der Waals surface area contributed by atoms with Gasteiger partial charge in [0.1, 0.15) is 5.69 Å². The van der Waals surface area contributed by atoms with Crippen LogP contribution in [0.2, 0.25) is 0 Å². The molecule has 1 saturated heterocycles. The van der Waals surface area contributed by atoms with E-state index in [0.29, 0.717) is 30.8 Å². The Morgan fingerprint density at radius 2 is 1.86 bits per heavy atom. The molecular formula is C23H25N3O3. The molecule has 0 aliphatic carbocycles. The molecule has 29 heavy (non-hydrogen) atoms. The van der Waals surface area contributed by atoms with Gasteiger partial charge in [-0.1, -0.05) is 57.2 Å². The molecule has 6 heteroatoms. The number of aromatic nitrogens is 2. The number of fused-ring (bicyclic) bond motifs is 6. The van der Waals surface area contributed by atoms with Gasteiger partial charge in [0.2, 0.25) is 11.8 Å². The first kappa shape index (κ1) is 18.0. The molecule has 2 aliphatic rings. The first-order valence-corrected chi connectivity index (χ1v) is 10.1. The van der Waals surface area contributed by atoms with Crippen LogP contribution in [-0.4, -0.2) is 31.6 Å². The van der Waals surface area contributed by atoms with Crippen LogP contribution >= 0.6 is 0 Å². The van der Waals surface area contributed by atoms with Gasteiger partial charge in [0.25, 0.3) is 0 Å².